The van der Waals surface area contributed by atoms with E-state index in [4.69, 9.17) is 6.42 Å². The van der Waals surface area contributed by atoms with Gasteiger partial charge in [-0.05, 0) is 18.6 Å². The Hall–Kier alpha value is -1.47. The van der Waals surface area contributed by atoms with Crippen LogP contribution >= 0.6 is 0 Å². The highest BCUT2D eigenvalue weighted by molar-refractivity contribution is 7.87. The lowest BCUT2D eigenvalue weighted by atomic mass is 10.2. The molecule has 0 spiro atoms. The zero-order valence-electron chi connectivity index (χ0n) is 7.02. The van der Waals surface area contributed by atoms with Crippen molar-refractivity contribution in [1.82, 2.24) is 0 Å². The van der Waals surface area contributed by atoms with E-state index in [0.29, 0.717) is 5.56 Å². The van der Waals surface area contributed by atoms with Crippen LogP contribution < -0.4 is 0 Å². The molecule has 0 aliphatic carbocycles. The fraction of sp³-hybridized carbons (Fsp3) is 0.111. The normalized spacial score (nSPS) is 10.5. The van der Waals surface area contributed by atoms with Crippen molar-refractivity contribution in [2.75, 3.05) is 0 Å². The van der Waals surface area contributed by atoms with Crippen molar-refractivity contribution in [1.29, 1.82) is 0 Å². The third kappa shape index (κ3) is 2.01. The maximum Gasteiger partial charge on any atom is 0.347 e. The summed E-state index contributed by atoms with van der Waals surface area (Å²) in [6.45, 7) is 1.67. The molecule has 0 atom stereocenters. The highest BCUT2D eigenvalue weighted by Crippen LogP contribution is 2.15. The molecule has 0 amide bonds. The van der Waals surface area contributed by atoms with Crippen LogP contribution in [0.4, 0.5) is 0 Å². The molecule has 4 heteroatoms. The molecule has 68 valence electrons. The van der Waals surface area contributed by atoms with E-state index < -0.39 is 10.1 Å². The Labute approximate surface area is 77.5 Å². The van der Waals surface area contributed by atoms with Gasteiger partial charge in [0.2, 0.25) is 0 Å². The highest BCUT2D eigenvalue weighted by atomic mass is 32.2. The fourth-order valence-electron chi connectivity index (χ4n) is 0.945. The number of hydrogen-bond donors (Lipinski definition) is 0. The Morgan fingerprint density at radius 1 is 1.38 bits per heavy atom. The third-order valence-electron chi connectivity index (χ3n) is 1.52. The van der Waals surface area contributed by atoms with Gasteiger partial charge in [0.15, 0.2) is 0 Å². The summed E-state index contributed by atoms with van der Waals surface area (Å²) in [6, 6.07) is 6.47. The largest absolute Gasteiger partial charge is 0.347 e. The van der Waals surface area contributed by atoms with Gasteiger partial charge in [-0.1, -0.05) is 24.6 Å². The van der Waals surface area contributed by atoms with Crippen LogP contribution in [0.25, 0.3) is 0 Å². The average molecular weight is 196 g/mol. The monoisotopic (exact) mass is 196 g/mol. The predicted molar refractivity (Wildman–Crippen MR) is 48.3 cm³/mol. The first kappa shape index (κ1) is 9.62. The van der Waals surface area contributed by atoms with Crippen molar-refractivity contribution < 1.29 is 12.6 Å². The number of benzene rings is 1. The number of terminal acetylenes is 1. The molecule has 1 aromatic rings. The summed E-state index contributed by atoms with van der Waals surface area (Å²) >= 11 is 0. The van der Waals surface area contributed by atoms with Crippen LogP contribution in [0.3, 0.4) is 0 Å². The lowest BCUT2D eigenvalue weighted by Crippen LogP contribution is -2.04. The molecule has 0 saturated carbocycles. The lowest BCUT2D eigenvalue weighted by molar-refractivity contribution is 0.465. The van der Waals surface area contributed by atoms with Crippen LogP contribution in [0.5, 0.6) is 0 Å². The maximum absolute atomic E-state index is 11.3. The summed E-state index contributed by atoms with van der Waals surface area (Å²) in [5.74, 6) is 0. The molecule has 0 aliphatic rings. The van der Waals surface area contributed by atoms with Gasteiger partial charge in [0.1, 0.15) is 11.0 Å². The van der Waals surface area contributed by atoms with E-state index >= 15 is 0 Å². The fourth-order valence-corrected chi connectivity index (χ4v) is 1.87. The zero-order valence-corrected chi connectivity index (χ0v) is 7.84. The molecule has 3 nitrogen and oxygen atoms in total. The molecule has 13 heavy (non-hydrogen) atoms. The number of rotatable bonds is 2. The Morgan fingerprint density at radius 3 is 2.54 bits per heavy atom. The molecule has 0 fully saturated rings. The lowest BCUT2D eigenvalue weighted by Gasteiger charge is -2.02. The molecule has 0 aromatic heterocycles. The number of hydrogen-bond acceptors (Lipinski definition) is 3. The summed E-state index contributed by atoms with van der Waals surface area (Å²) in [5, 5.41) is 0. The van der Waals surface area contributed by atoms with Crippen LogP contribution in [0, 0.1) is 19.5 Å². The Kier molecular flexibility index (Phi) is 2.59. The minimum absolute atomic E-state index is 0.105. The van der Waals surface area contributed by atoms with E-state index in [1.165, 1.54) is 6.07 Å². The van der Waals surface area contributed by atoms with Gasteiger partial charge in [-0.3, -0.25) is 0 Å². The average Bonchev–Trinajstić information content (AvgIpc) is 2.04. The van der Waals surface area contributed by atoms with E-state index in [9.17, 15) is 8.42 Å². The van der Waals surface area contributed by atoms with Gasteiger partial charge >= 0.3 is 10.1 Å². The molecule has 0 heterocycles. The quantitative estimate of drug-likeness (QED) is 0.529. The number of aryl methyl sites for hydroxylation is 1. The SMILES string of the molecule is C#COS(=O)(=O)c1ccccc1C. The van der Waals surface area contributed by atoms with Crippen molar-refractivity contribution in [2.24, 2.45) is 0 Å². The molecule has 0 unspecified atom stereocenters. The van der Waals surface area contributed by atoms with Gasteiger partial charge in [0.25, 0.3) is 0 Å². The van der Waals surface area contributed by atoms with E-state index in [1.54, 1.807) is 31.2 Å². The molecule has 1 rings (SSSR count). The zero-order chi connectivity index (χ0) is 9.90. The summed E-state index contributed by atoms with van der Waals surface area (Å²) in [6.07, 6.45) is 6.40. The third-order valence-corrected chi connectivity index (χ3v) is 2.83. The summed E-state index contributed by atoms with van der Waals surface area (Å²) < 4.78 is 26.8. The van der Waals surface area contributed by atoms with Crippen LogP contribution in [0.15, 0.2) is 29.2 Å². The van der Waals surface area contributed by atoms with Crippen molar-refractivity contribution in [2.45, 2.75) is 11.8 Å². The van der Waals surface area contributed by atoms with Gasteiger partial charge in [0.05, 0.1) is 0 Å². The van der Waals surface area contributed by atoms with Crippen molar-refractivity contribution >= 4 is 10.1 Å². The van der Waals surface area contributed by atoms with E-state index in [1.807, 2.05) is 0 Å². The summed E-state index contributed by atoms with van der Waals surface area (Å²) in [7, 11) is -3.78. The first-order valence-corrected chi connectivity index (χ1v) is 4.93. The smallest absolute Gasteiger partial charge is 0.324 e. The first-order valence-electron chi connectivity index (χ1n) is 3.52. The molecular formula is C9H8O3S. The van der Waals surface area contributed by atoms with Crippen molar-refractivity contribution in [3.05, 3.63) is 29.8 Å². The molecule has 0 N–H and O–H groups in total. The standard InChI is InChI=1S/C9H8O3S/c1-3-12-13(10,11)9-7-5-4-6-8(9)2/h1,4-7H,2H3. The topological polar surface area (TPSA) is 43.4 Å². The maximum atomic E-state index is 11.3. The van der Waals surface area contributed by atoms with Gasteiger partial charge < -0.3 is 4.18 Å². The van der Waals surface area contributed by atoms with E-state index in [2.05, 4.69) is 4.18 Å². The van der Waals surface area contributed by atoms with Gasteiger partial charge in [-0.15, -0.1) is 0 Å². The van der Waals surface area contributed by atoms with Crippen molar-refractivity contribution in [3.8, 4) is 12.5 Å². The minimum Gasteiger partial charge on any atom is -0.324 e. The Bertz CT molecular complexity index is 440. The summed E-state index contributed by atoms with van der Waals surface area (Å²) in [4.78, 5) is 0.105. The molecular weight excluding hydrogens is 188 g/mol. The second kappa shape index (κ2) is 3.50. The van der Waals surface area contributed by atoms with Gasteiger partial charge in [-0.25, -0.2) is 0 Å². The molecule has 0 bridgehead atoms. The molecule has 0 saturated heterocycles. The van der Waals surface area contributed by atoms with Gasteiger partial charge in [0, 0.05) is 0 Å². The molecule has 1 aromatic carbocycles. The van der Waals surface area contributed by atoms with E-state index in [-0.39, 0.29) is 4.90 Å². The van der Waals surface area contributed by atoms with E-state index in [0.717, 1.165) is 0 Å². The van der Waals surface area contributed by atoms with Crippen LogP contribution in [0.2, 0.25) is 0 Å². The second-order valence-corrected chi connectivity index (χ2v) is 3.94. The second-order valence-electron chi connectivity index (χ2n) is 2.42. The minimum atomic E-state index is -3.78. The first-order chi connectivity index (χ1) is 6.08. The van der Waals surface area contributed by atoms with Crippen LogP contribution in [-0.2, 0) is 14.3 Å². The predicted octanol–water partition coefficient (Wildman–Crippen LogP) is 1.29. The Morgan fingerprint density at radius 2 is 2.00 bits per heavy atom. The van der Waals surface area contributed by atoms with Crippen molar-refractivity contribution in [3.63, 3.8) is 0 Å². The summed E-state index contributed by atoms with van der Waals surface area (Å²) in [5.41, 5.74) is 0.609. The molecule has 0 aliphatic heterocycles. The van der Waals surface area contributed by atoms with Crippen LogP contribution in [0.1, 0.15) is 5.56 Å². The van der Waals surface area contributed by atoms with Gasteiger partial charge in [-0.2, -0.15) is 8.42 Å². The Balaban J connectivity index is 3.25. The molecule has 0 radical (unpaired) electrons. The van der Waals surface area contributed by atoms with Crippen LogP contribution in [-0.4, -0.2) is 8.42 Å². The highest BCUT2D eigenvalue weighted by Gasteiger charge is 2.16.